The Balaban J connectivity index is 0.00000865. The minimum atomic E-state index is -0.758. The fraction of sp³-hybridized carbons (Fsp3) is 0.486. The number of benzene rings is 3. The summed E-state index contributed by atoms with van der Waals surface area (Å²) >= 11 is 0. The molecule has 0 N–H and O–H groups in total. The van der Waals surface area contributed by atoms with Crippen molar-refractivity contribution in [3.63, 3.8) is 0 Å². The molecule has 6 aromatic rings. The van der Waals surface area contributed by atoms with E-state index >= 15 is 0 Å². The second-order valence-corrected chi connectivity index (χ2v) is 32.7. The van der Waals surface area contributed by atoms with Gasteiger partial charge in [-0.15, -0.1) is 22.1 Å². The fourth-order valence-electron chi connectivity index (χ4n) is 11.3. The molecule has 85 heavy (non-hydrogen) atoms. The Bertz CT molecular complexity index is 3760. The van der Waals surface area contributed by atoms with E-state index in [2.05, 4.69) is 277 Å². The molecule has 7 heterocycles. The van der Waals surface area contributed by atoms with Crippen molar-refractivity contribution in [2.45, 2.75) is 235 Å². The first kappa shape index (κ1) is 64.2. The van der Waals surface area contributed by atoms with Gasteiger partial charge < -0.3 is 28.6 Å². The van der Waals surface area contributed by atoms with Crippen LogP contribution >= 0.6 is 0 Å². The van der Waals surface area contributed by atoms with Gasteiger partial charge in [0.2, 0.25) is 0 Å². The van der Waals surface area contributed by atoms with Crippen LogP contribution in [0, 0.1) is 0 Å². The molecule has 11 heteroatoms. The molecule has 2 saturated heterocycles. The van der Waals surface area contributed by atoms with Crippen LogP contribution < -0.4 is 15.4 Å². The van der Waals surface area contributed by atoms with Gasteiger partial charge in [0.25, 0.3) is 0 Å². The molecule has 0 saturated carbocycles. The van der Waals surface area contributed by atoms with Gasteiger partial charge >= 0.3 is 30.7 Å². The summed E-state index contributed by atoms with van der Waals surface area (Å²) in [4.78, 5) is 23.3. The SMILES string of the molecule is CC(C)(C)c1cc(-c2c3nc(c(-c4cc(C(C)(C)C)cc(C(C)(C)C)c4)c4ccc([n-]4)c(-c4cc(C(C)(C)C)cc(C(C)(C)C)c4)c4nc(cc5[n-]c2cc5B2OC(C)(C)C(C)(C)O2)C(B2OC(C)(C)C(C)(C)O2)=C4)C=C3)cc(C(C)(C)C)c1.[Ni+2]. The molecule has 3 aromatic heterocycles. The van der Waals surface area contributed by atoms with Crippen molar-refractivity contribution in [1.82, 2.24) is 19.9 Å². The number of hydrogen-bond acceptors (Lipinski definition) is 6. The minimum absolute atomic E-state index is 0. The fourth-order valence-corrected chi connectivity index (χ4v) is 11.3. The molecule has 2 fully saturated rings. The van der Waals surface area contributed by atoms with Crippen LogP contribution in [-0.2, 0) is 67.6 Å². The van der Waals surface area contributed by atoms with Crippen molar-refractivity contribution >= 4 is 65.5 Å². The Morgan fingerprint density at radius 2 is 0.659 bits per heavy atom. The molecule has 10 rings (SSSR count). The van der Waals surface area contributed by atoms with Crippen LogP contribution in [0.5, 0.6) is 0 Å². The topological polar surface area (TPSA) is 90.9 Å². The second kappa shape index (κ2) is 20.9. The van der Waals surface area contributed by atoms with E-state index in [4.69, 9.17) is 38.6 Å². The van der Waals surface area contributed by atoms with Gasteiger partial charge in [0.05, 0.1) is 45.2 Å². The van der Waals surface area contributed by atoms with E-state index < -0.39 is 36.6 Å². The molecule has 8 nitrogen and oxygen atoms in total. The number of rotatable bonds is 5. The summed E-state index contributed by atoms with van der Waals surface area (Å²) in [5.41, 5.74) is 17.4. The van der Waals surface area contributed by atoms with Crippen LogP contribution in [0.15, 0.2) is 78.9 Å². The monoisotopic (exact) mass is 1180 g/mol. The molecule has 0 spiro atoms. The van der Waals surface area contributed by atoms with E-state index in [1.165, 1.54) is 33.4 Å². The summed E-state index contributed by atoms with van der Waals surface area (Å²) < 4.78 is 28.1. The number of aromatic nitrogens is 4. The Morgan fingerprint density at radius 3 is 1.00 bits per heavy atom. The van der Waals surface area contributed by atoms with Crippen molar-refractivity contribution in [3.05, 3.63) is 135 Å². The summed E-state index contributed by atoms with van der Waals surface area (Å²) in [6.07, 6.45) is 6.55. The van der Waals surface area contributed by atoms with E-state index in [0.29, 0.717) is 11.2 Å². The molecule has 8 bridgehead atoms. The maximum atomic E-state index is 7.02. The largest absolute Gasteiger partial charge is 2.00 e. The van der Waals surface area contributed by atoms with Crippen molar-refractivity contribution in [2.24, 2.45) is 0 Å². The molecule has 0 amide bonds. The van der Waals surface area contributed by atoms with Crippen molar-refractivity contribution in [2.75, 3.05) is 0 Å². The van der Waals surface area contributed by atoms with E-state index in [0.717, 1.165) is 77.9 Å². The van der Waals surface area contributed by atoms with E-state index in [1.807, 2.05) is 0 Å². The first-order valence-electron chi connectivity index (χ1n) is 30.6. The number of hydrogen-bond donors (Lipinski definition) is 0. The van der Waals surface area contributed by atoms with Gasteiger partial charge in [-0.25, -0.2) is 9.97 Å². The molecular formula is C74H94B2N4NiO4. The third-order valence-electron chi connectivity index (χ3n) is 18.6. The maximum absolute atomic E-state index is 7.02. The number of fused-ring (bicyclic) bond motifs is 8. The molecule has 4 aliphatic heterocycles. The maximum Gasteiger partial charge on any atom is 2.00 e. The zero-order chi connectivity index (χ0) is 61.8. The predicted octanol–water partition coefficient (Wildman–Crippen LogP) is 18.0. The predicted molar refractivity (Wildman–Crippen MR) is 356 cm³/mol. The Morgan fingerprint density at radius 1 is 0.353 bits per heavy atom. The van der Waals surface area contributed by atoms with Crippen LogP contribution in [0.1, 0.15) is 236 Å². The molecule has 3 aromatic carbocycles. The molecule has 0 atom stereocenters. The zero-order valence-corrected chi connectivity index (χ0v) is 57.1. The normalized spacial score (nSPS) is 17.8. The van der Waals surface area contributed by atoms with Gasteiger partial charge in [-0.3, -0.25) is 0 Å². The van der Waals surface area contributed by atoms with Crippen molar-refractivity contribution < 1.29 is 35.1 Å². The van der Waals surface area contributed by atoms with Gasteiger partial charge in [0.1, 0.15) is 0 Å². The van der Waals surface area contributed by atoms with E-state index in [1.54, 1.807) is 0 Å². The van der Waals surface area contributed by atoms with E-state index in [-0.39, 0.29) is 49.0 Å². The molecule has 0 radical (unpaired) electrons. The van der Waals surface area contributed by atoms with Crippen molar-refractivity contribution in [3.8, 4) is 33.4 Å². The number of nitrogens with zero attached hydrogens (tertiary/aromatic N) is 4. The average molecular weight is 1180 g/mol. The van der Waals surface area contributed by atoms with Gasteiger partial charge in [-0.05, 0) is 178 Å². The van der Waals surface area contributed by atoms with Crippen LogP contribution in [0.3, 0.4) is 0 Å². The standard InChI is InChI=1S/C74H94B2N4O4.Ni/c1-65(2,3)46-31-43(32-47(37-46)66(4,5)6)62-54-27-29-56(77-54)63(44-33-48(67(7,8)9)38-49(34-44)68(10,11)12)60-40-52(75-81-71(19,20)72(21,22)82-75)58(79-60)42-59-53(76-83-73(23,24)74(25,26)84-76)41-61(80-59)64(57-30-28-55(62)78-57)45-35-50(69(13,14)15)39-51(36-45)70(16,17)18;/h27-42H,1-26H3;/q-2;+2. The van der Waals surface area contributed by atoms with Gasteiger partial charge in [-0.1, -0.05) is 203 Å². The molecule has 0 unspecified atom stereocenters. The summed E-state index contributed by atoms with van der Waals surface area (Å²) in [5, 5.41) is 0. The summed E-state index contributed by atoms with van der Waals surface area (Å²) in [6, 6.07) is 29.9. The minimum Gasteiger partial charge on any atom is -0.658 e. The van der Waals surface area contributed by atoms with Gasteiger partial charge in [0.15, 0.2) is 0 Å². The van der Waals surface area contributed by atoms with Crippen LogP contribution in [-0.4, -0.2) is 46.6 Å². The summed E-state index contributed by atoms with van der Waals surface area (Å²) in [7, 11) is -1.52. The Labute approximate surface area is 520 Å². The third-order valence-corrected chi connectivity index (χ3v) is 18.6. The quantitative estimate of drug-likeness (QED) is 0.157. The van der Waals surface area contributed by atoms with E-state index in [9.17, 15) is 0 Å². The Hall–Kier alpha value is -5.28. The molecule has 450 valence electrons. The molecule has 0 aliphatic carbocycles. The smallest absolute Gasteiger partial charge is 0.658 e. The zero-order valence-electron chi connectivity index (χ0n) is 56.1. The third kappa shape index (κ3) is 12.2. The molecule has 4 aliphatic rings. The first-order valence-corrected chi connectivity index (χ1v) is 30.6. The van der Waals surface area contributed by atoms with Crippen LogP contribution in [0.2, 0.25) is 0 Å². The second-order valence-electron chi connectivity index (χ2n) is 32.7. The molecular weight excluding hydrogens is 1090 g/mol. The summed E-state index contributed by atoms with van der Waals surface area (Å²) in [6.45, 7) is 58.1. The average Bonchev–Trinajstić information content (AvgIpc) is 1.74. The van der Waals surface area contributed by atoms with Crippen molar-refractivity contribution in [1.29, 1.82) is 0 Å². The van der Waals surface area contributed by atoms with Crippen LogP contribution in [0.25, 0.3) is 79.1 Å². The summed E-state index contributed by atoms with van der Waals surface area (Å²) in [5.74, 6) is 0. The Kier molecular flexibility index (Phi) is 15.8. The van der Waals surface area contributed by atoms with Gasteiger partial charge in [-0.2, -0.15) is 0 Å². The van der Waals surface area contributed by atoms with Crippen LogP contribution in [0.4, 0.5) is 0 Å². The first-order chi connectivity index (χ1) is 38.3. The van der Waals surface area contributed by atoms with Gasteiger partial charge in [0, 0.05) is 5.47 Å².